The number of halogens is 2. The molecule has 2 aromatic heterocycles. The Morgan fingerprint density at radius 3 is 2.66 bits per heavy atom. The van der Waals surface area contributed by atoms with Gasteiger partial charge >= 0.3 is 11.9 Å². The molecular formula is C29H22BrClN2O7S. The van der Waals surface area contributed by atoms with Crippen LogP contribution < -0.4 is 19.6 Å². The number of rotatable bonds is 7. The molecule has 210 valence electrons. The second-order valence-corrected chi connectivity index (χ2v) is 11.2. The first-order chi connectivity index (χ1) is 19.6. The average Bonchev–Trinajstić information content (AvgIpc) is 3.52. The Morgan fingerprint density at radius 2 is 2.00 bits per heavy atom. The molecule has 0 radical (unpaired) electrons. The zero-order valence-electron chi connectivity index (χ0n) is 21.9. The molecule has 12 heteroatoms. The van der Waals surface area contributed by atoms with Crippen molar-refractivity contribution in [3.63, 3.8) is 0 Å². The summed E-state index contributed by atoms with van der Waals surface area (Å²) in [5, 5.41) is 9.30. The Kier molecular flexibility index (Phi) is 8.03. The van der Waals surface area contributed by atoms with Crippen LogP contribution in [-0.2, 0) is 9.53 Å². The molecule has 3 heterocycles. The van der Waals surface area contributed by atoms with Gasteiger partial charge in [0.1, 0.15) is 17.3 Å². The van der Waals surface area contributed by atoms with Gasteiger partial charge in [-0.3, -0.25) is 9.36 Å². The number of furan rings is 1. The number of aromatic carboxylic acids is 1. The Labute approximate surface area is 250 Å². The number of fused-ring (bicyclic) bond motifs is 1. The van der Waals surface area contributed by atoms with Crippen molar-refractivity contribution in [3.8, 4) is 17.1 Å². The number of carbonyl (C=O) groups is 2. The highest BCUT2D eigenvalue weighted by Gasteiger charge is 2.33. The molecule has 1 aliphatic rings. The number of hydrogen-bond donors (Lipinski definition) is 1. The third-order valence-corrected chi connectivity index (χ3v) is 8.31. The topological polar surface area (TPSA) is 120 Å². The fourth-order valence-corrected chi connectivity index (χ4v) is 6.36. The first kappa shape index (κ1) is 28.6. The smallest absolute Gasteiger partial charge is 0.338 e. The van der Waals surface area contributed by atoms with Crippen LogP contribution >= 0.6 is 38.9 Å². The molecule has 1 aliphatic heterocycles. The van der Waals surface area contributed by atoms with Crippen molar-refractivity contribution in [1.82, 2.24) is 4.57 Å². The highest BCUT2D eigenvalue weighted by Crippen LogP contribution is 2.35. The van der Waals surface area contributed by atoms with E-state index in [0.717, 1.165) is 0 Å². The number of methoxy groups -OCH3 is 1. The van der Waals surface area contributed by atoms with Crippen LogP contribution in [0.4, 0.5) is 0 Å². The second kappa shape index (κ2) is 11.5. The van der Waals surface area contributed by atoms with Crippen molar-refractivity contribution < 1.29 is 28.6 Å². The van der Waals surface area contributed by atoms with Crippen LogP contribution in [0.1, 0.15) is 41.6 Å². The van der Waals surface area contributed by atoms with Crippen LogP contribution in [0.5, 0.6) is 5.75 Å². The van der Waals surface area contributed by atoms with E-state index in [2.05, 4.69) is 20.9 Å². The molecule has 0 aliphatic carbocycles. The lowest BCUT2D eigenvalue weighted by molar-refractivity contribution is -0.139. The number of benzene rings is 2. The number of allylic oxidation sites excluding steroid dienone is 1. The molecule has 9 nitrogen and oxygen atoms in total. The summed E-state index contributed by atoms with van der Waals surface area (Å²) in [5.74, 6) is -0.230. The normalized spacial score (nSPS) is 15.0. The van der Waals surface area contributed by atoms with Gasteiger partial charge in [-0.25, -0.2) is 14.6 Å². The van der Waals surface area contributed by atoms with Crippen molar-refractivity contribution in [2.75, 3.05) is 13.7 Å². The summed E-state index contributed by atoms with van der Waals surface area (Å²) in [7, 11) is 1.55. The number of nitrogens with zero attached hydrogens (tertiary/aromatic N) is 2. The predicted molar refractivity (Wildman–Crippen MR) is 157 cm³/mol. The fourth-order valence-electron chi connectivity index (χ4n) is 4.52. The summed E-state index contributed by atoms with van der Waals surface area (Å²) in [6.07, 6.45) is 1.60. The van der Waals surface area contributed by atoms with Crippen molar-refractivity contribution in [1.29, 1.82) is 0 Å². The summed E-state index contributed by atoms with van der Waals surface area (Å²) in [6, 6.07) is 12.5. The lowest BCUT2D eigenvalue weighted by Gasteiger charge is -2.25. The number of carbonyl (C=O) groups excluding carboxylic acids is 1. The van der Waals surface area contributed by atoms with E-state index in [1.165, 1.54) is 28.0 Å². The van der Waals surface area contributed by atoms with Gasteiger partial charge < -0.3 is 19.0 Å². The number of aromatic nitrogens is 1. The van der Waals surface area contributed by atoms with E-state index >= 15 is 0 Å². The fraction of sp³-hybridized carbons (Fsp3) is 0.172. The van der Waals surface area contributed by atoms with E-state index in [4.69, 9.17) is 25.5 Å². The van der Waals surface area contributed by atoms with Crippen LogP contribution in [0.2, 0.25) is 5.02 Å². The van der Waals surface area contributed by atoms with Gasteiger partial charge in [0.15, 0.2) is 4.80 Å². The largest absolute Gasteiger partial charge is 0.496 e. The summed E-state index contributed by atoms with van der Waals surface area (Å²) >= 11 is 10.8. The molecular weight excluding hydrogens is 636 g/mol. The van der Waals surface area contributed by atoms with Gasteiger partial charge in [0.2, 0.25) is 0 Å². The molecule has 0 amide bonds. The molecule has 0 saturated heterocycles. The zero-order chi connectivity index (χ0) is 29.4. The molecule has 2 aromatic carbocycles. The zero-order valence-corrected chi connectivity index (χ0v) is 25.1. The Morgan fingerprint density at radius 1 is 1.22 bits per heavy atom. The van der Waals surface area contributed by atoms with E-state index in [1.54, 1.807) is 63.4 Å². The molecule has 0 unspecified atom stereocenters. The lowest BCUT2D eigenvalue weighted by Crippen LogP contribution is -2.39. The van der Waals surface area contributed by atoms with E-state index in [0.29, 0.717) is 47.9 Å². The van der Waals surface area contributed by atoms with Gasteiger partial charge in [0.25, 0.3) is 5.56 Å². The Bertz CT molecular complexity index is 1920. The lowest BCUT2D eigenvalue weighted by atomic mass is 9.96. The van der Waals surface area contributed by atoms with Crippen LogP contribution in [0, 0.1) is 0 Å². The van der Waals surface area contributed by atoms with Crippen molar-refractivity contribution in [2.24, 2.45) is 4.99 Å². The number of hydrogen-bond acceptors (Lipinski definition) is 8. The van der Waals surface area contributed by atoms with Crippen molar-refractivity contribution in [2.45, 2.75) is 19.9 Å². The number of carboxylic acids is 1. The van der Waals surface area contributed by atoms with Crippen LogP contribution in [0.3, 0.4) is 0 Å². The van der Waals surface area contributed by atoms with Gasteiger partial charge in [-0.2, -0.15) is 0 Å². The molecule has 41 heavy (non-hydrogen) atoms. The van der Waals surface area contributed by atoms with Gasteiger partial charge in [-0.05, 0) is 71.7 Å². The highest BCUT2D eigenvalue weighted by molar-refractivity contribution is 9.10. The minimum atomic E-state index is -1.13. The van der Waals surface area contributed by atoms with Gasteiger partial charge in [0, 0.05) is 11.6 Å². The minimum absolute atomic E-state index is 0.0146. The SMILES string of the molecule is CCOC(=O)C1=C(C)N=c2s/c(=C\c3ccc(-c4ccc(C(=O)O)c(Cl)c4)o3)c(=O)n2[C@H]1c1ccc(OC)c(Br)c1. The monoisotopic (exact) mass is 656 g/mol. The first-order valence-corrected chi connectivity index (χ1v) is 14.3. The summed E-state index contributed by atoms with van der Waals surface area (Å²) in [5.41, 5.74) is 1.61. The first-order valence-electron chi connectivity index (χ1n) is 12.3. The van der Waals surface area contributed by atoms with E-state index in [1.807, 2.05) is 0 Å². The maximum atomic E-state index is 13.8. The van der Waals surface area contributed by atoms with Gasteiger partial charge in [-0.1, -0.05) is 35.1 Å². The maximum absolute atomic E-state index is 13.8. The standard InChI is InChI=1S/C29H22BrClN2O7S/c1-4-39-28(37)24-14(2)32-29-33(25(24)16-6-9-22(38-3)19(30)11-16)26(34)23(41-29)13-17-7-10-21(40-17)15-5-8-18(27(35)36)20(31)12-15/h5-13,25H,4H2,1-3H3,(H,35,36)/b23-13-/t25-/m0/s1. The molecule has 1 N–H and O–H groups in total. The number of carboxylic acid groups (broad SMARTS) is 1. The number of thiazole rings is 1. The van der Waals surface area contributed by atoms with Crippen LogP contribution in [0.25, 0.3) is 17.4 Å². The molecule has 4 aromatic rings. The third-order valence-electron chi connectivity index (χ3n) is 6.39. The molecule has 0 fully saturated rings. The maximum Gasteiger partial charge on any atom is 0.338 e. The van der Waals surface area contributed by atoms with Crippen LogP contribution in [-0.4, -0.2) is 35.3 Å². The molecule has 0 saturated carbocycles. The Hall–Kier alpha value is -3.93. The van der Waals surface area contributed by atoms with Crippen molar-refractivity contribution in [3.05, 3.63) is 106 Å². The van der Waals surface area contributed by atoms with Crippen molar-refractivity contribution >= 4 is 56.9 Å². The molecule has 1 atom stereocenters. The minimum Gasteiger partial charge on any atom is -0.496 e. The summed E-state index contributed by atoms with van der Waals surface area (Å²) in [4.78, 5) is 43.2. The van der Waals surface area contributed by atoms with E-state index in [9.17, 15) is 19.5 Å². The predicted octanol–water partition coefficient (Wildman–Crippen LogP) is 5.18. The molecule has 0 spiro atoms. The number of esters is 1. The van der Waals surface area contributed by atoms with Gasteiger partial charge in [0.05, 0.1) is 50.6 Å². The van der Waals surface area contributed by atoms with E-state index < -0.39 is 18.0 Å². The molecule has 0 bridgehead atoms. The van der Waals surface area contributed by atoms with Gasteiger partial charge in [-0.15, -0.1) is 0 Å². The average molecular weight is 658 g/mol. The third kappa shape index (κ3) is 5.40. The molecule has 5 rings (SSSR count). The highest BCUT2D eigenvalue weighted by atomic mass is 79.9. The quantitative estimate of drug-likeness (QED) is 0.272. The summed E-state index contributed by atoms with van der Waals surface area (Å²) < 4.78 is 19.1. The number of ether oxygens (including phenoxy) is 2. The second-order valence-electron chi connectivity index (χ2n) is 8.90. The summed E-state index contributed by atoms with van der Waals surface area (Å²) in [6.45, 7) is 3.60. The Balaban J connectivity index is 1.61. The van der Waals surface area contributed by atoms with E-state index in [-0.39, 0.29) is 28.3 Å². The van der Waals surface area contributed by atoms with Crippen LogP contribution in [0.15, 0.2) is 78.5 Å².